The van der Waals surface area contributed by atoms with Crippen molar-refractivity contribution in [1.82, 2.24) is 9.99 Å². The van der Waals surface area contributed by atoms with E-state index >= 15 is 0 Å². The fourth-order valence-electron chi connectivity index (χ4n) is 2.30. The van der Waals surface area contributed by atoms with Crippen molar-refractivity contribution in [2.24, 2.45) is 0 Å². The van der Waals surface area contributed by atoms with E-state index in [1.165, 1.54) is 4.67 Å². The summed E-state index contributed by atoms with van der Waals surface area (Å²) in [6, 6.07) is 16.9. The minimum atomic E-state index is -3.88. The van der Waals surface area contributed by atoms with Gasteiger partial charge in [-0.05, 0) is 38.1 Å². The van der Waals surface area contributed by atoms with Crippen LogP contribution in [0.15, 0.2) is 54.6 Å². The van der Waals surface area contributed by atoms with Gasteiger partial charge in [0.1, 0.15) is 0 Å². The van der Waals surface area contributed by atoms with Crippen LogP contribution in [0.25, 0.3) is 0 Å². The summed E-state index contributed by atoms with van der Waals surface area (Å²) in [6.07, 6.45) is 0.648. The molecular formula is C19H25N2O4P. The van der Waals surface area contributed by atoms with Crippen molar-refractivity contribution in [3.63, 3.8) is 0 Å². The van der Waals surface area contributed by atoms with Crippen molar-refractivity contribution in [3.05, 3.63) is 71.3 Å². The fraction of sp³-hybridized carbons (Fsp3) is 0.316. The Morgan fingerprint density at radius 1 is 1.15 bits per heavy atom. The number of amides is 1. The van der Waals surface area contributed by atoms with Gasteiger partial charge >= 0.3 is 7.75 Å². The Kier molecular flexibility index (Phi) is 7.54. The second-order valence-corrected chi connectivity index (χ2v) is 7.98. The largest absolute Gasteiger partial charge is 0.405 e. The third-order valence-corrected chi connectivity index (χ3v) is 5.54. The number of likely N-dealkylation sites (N-methyl/N-ethyl adjacent to an activating group) is 1. The molecule has 2 aromatic carbocycles. The normalized spacial score (nSPS) is 13.4. The number of rotatable bonds is 9. The lowest BCUT2D eigenvalue weighted by atomic mass is 10.1. The number of hydrogen-bond donors (Lipinski definition) is 2. The van der Waals surface area contributed by atoms with Crippen molar-refractivity contribution in [2.45, 2.75) is 13.3 Å². The van der Waals surface area contributed by atoms with Gasteiger partial charge in [0.25, 0.3) is 5.91 Å². The number of aryl methyl sites for hydroxylation is 1. The van der Waals surface area contributed by atoms with Gasteiger partial charge in [0.05, 0.1) is 6.61 Å². The molecule has 0 saturated carbocycles. The molecule has 0 aliphatic rings. The molecule has 0 radical (unpaired) electrons. The summed E-state index contributed by atoms with van der Waals surface area (Å²) in [5.74, 6) is -0.237. The number of carbonyl (C=O) groups excluding carboxylic acids is 1. The molecule has 1 amide bonds. The summed E-state index contributed by atoms with van der Waals surface area (Å²) in [5, 5.41) is 2.67. The van der Waals surface area contributed by atoms with Crippen molar-refractivity contribution in [1.29, 1.82) is 0 Å². The summed E-state index contributed by atoms with van der Waals surface area (Å²) >= 11 is 0. The molecule has 2 aromatic rings. The average molecular weight is 376 g/mol. The number of nitrogens with zero attached hydrogens (tertiary/aromatic N) is 1. The maximum Gasteiger partial charge on any atom is 0.405 e. The molecule has 2 rings (SSSR count). The van der Waals surface area contributed by atoms with Crippen LogP contribution in [-0.2, 0) is 15.5 Å². The molecule has 0 aromatic heterocycles. The van der Waals surface area contributed by atoms with Gasteiger partial charge < -0.3 is 10.2 Å². The Morgan fingerprint density at radius 2 is 1.81 bits per heavy atom. The molecule has 0 bridgehead atoms. The summed E-state index contributed by atoms with van der Waals surface area (Å²) in [6.45, 7) is 2.46. The van der Waals surface area contributed by atoms with E-state index in [0.717, 1.165) is 11.1 Å². The standard InChI is InChI=1S/C19H25N2O4P/c1-16-8-10-18(11-9-16)19(22)20-13-15-25-26(23,24)21(2)14-12-17-6-4-3-5-7-17/h3-11H,12-15H2,1-2H3,(H,20,22)(H,23,24). The van der Waals surface area contributed by atoms with Gasteiger partial charge in [-0.3, -0.25) is 9.32 Å². The quantitative estimate of drug-likeness (QED) is 0.520. The molecule has 140 valence electrons. The van der Waals surface area contributed by atoms with Gasteiger partial charge in [-0.2, -0.15) is 0 Å². The maximum atomic E-state index is 12.2. The van der Waals surface area contributed by atoms with Gasteiger partial charge in [0.15, 0.2) is 0 Å². The van der Waals surface area contributed by atoms with Crippen molar-refractivity contribution in [2.75, 3.05) is 26.7 Å². The molecule has 0 saturated heterocycles. The Balaban J connectivity index is 1.72. The van der Waals surface area contributed by atoms with Crippen molar-refractivity contribution < 1.29 is 18.8 Å². The average Bonchev–Trinajstić information content (AvgIpc) is 2.64. The first-order valence-electron chi connectivity index (χ1n) is 8.46. The summed E-state index contributed by atoms with van der Waals surface area (Å²) in [4.78, 5) is 22.0. The maximum absolute atomic E-state index is 12.2. The molecule has 2 N–H and O–H groups in total. The van der Waals surface area contributed by atoms with Crippen molar-refractivity contribution in [3.8, 4) is 0 Å². The van der Waals surface area contributed by atoms with Crippen LogP contribution in [0.5, 0.6) is 0 Å². The zero-order valence-electron chi connectivity index (χ0n) is 15.1. The van der Waals surface area contributed by atoms with Gasteiger partial charge in [0, 0.05) is 18.7 Å². The van der Waals surface area contributed by atoms with E-state index in [9.17, 15) is 14.3 Å². The highest BCUT2D eigenvalue weighted by Crippen LogP contribution is 2.44. The second kappa shape index (κ2) is 9.64. The van der Waals surface area contributed by atoms with Crippen LogP contribution in [0, 0.1) is 6.92 Å². The molecule has 0 spiro atoms. The zero-order chi connectivity index (χ0) is 19.0. The van der Waals surface area contributed by atoms with E-state index in [4.69, 9.17) is 4.52 Å². The minimum Gasteiger partial charge on any atom is -0.350 e. The van der Waals surface area contributed by atoms with Gasteiger partial charge in [-0.25, -0.2) is 9.24 Å². The fourth-order valence-corrected chi connectivity index (χ4v) is 3.18. The van der Waals surface area contributed by atoms with Gasteiger partial charge in [-0.1, -0.05) is 48.0 Å². The molecule has 26 heavy (non-hydrogen) atoms. The lowest BCUT2D eigenvalue weighted by Gasteiger charge is -2.22. The number of carbonyl (C=O) groups is 1. The molecule has 1 atom stereocenters. The highest BCUT2D eigenvalue weighted by Gasteiger charge is 2.25. The smallest absolute Gasteiger partial charge is 0.350 e. The van der Waals surface area contributed by atoms with Crippen LogP contribution in [0.3, 0.4) is 0 Å². The molecule has 0 fully saturated rings. The van der Waals surface area contributed by atoms with Crippen molar-refractivity contribution >= 4 is 13.7 Å². The highest BCUT2D eigenvalue weighted by atomic mass is 31.2. The predicted octanol–water partition coefficient (Wildman–Crippen LogP) is 3.02. The van der Waals surface area contributed by atoms with E-state index in [1.54, 1.807) is 19.2 Å². The SMILES string of the molecule is Cc1ccc(C(=O)NCCOP(=O)(O)N(C)CCc2ccccc2)cc1. The summed E-state index contributed by atoms with van der Waals surface area (Å²) in [7, 11) is -2.33. The summed E-state index contributed by atoms with van der Waals surface area (Å²) < 4.78 is 18.6. The lowest BCUT2D eigenvalue weighted by molar-refractivity contribution is 0.0943. The van der Waals surface area contributed by atoms with E-state index < -0.39 is 7.75 Å². The first-order chi connectivity index (χ1) is 12.4. The van der Waals surface area contributed by atoms with E-state index in [0.29, 0.717) is 18.5 Å². The van der Waals surface area contributed by atoms with Gasteiger partial charge in [0.2, 0.25) is 0 Å². The van der Waals surface area contributed by atoms with Crippen LogP contribution in [0.2, 0.25) is 0 Å². The molecule has 7 heteroatoms. The predicted molar refractivity (Wildman–Crippen MR) is 102 cm³/mol. The lowest BCUT2D eigenvalue weighted by Crippen LogP contribution is -2.28. The number of benzene rings is 2. The third kappa shape index (κ3) is 6.39. The zero-order valence-corrected chi connectivity index (χ0v) is 16.0. The Morgan fingerprint density at radius 3 is 2.46 bits per heavy atom. The van der Waals surface area contributed by atoms with Crippen LogP contribution in [0.4, 0.5) is 0 Å². The Hall–Kier alpha value is -1.98. The Bertz CT molecular complexity index is 750. The first kappa shape index (κ1) is 20.3. The molecule has 0 aliphatic heterocycles. The minimum absolute atomic E-state index is 0.0406. The van der Waals surface area contributed by atoms with Crippen LogP contribution >= 0.6 is 7.75 Å². The number of nitrogens with one attached hydrogen (secondary N) is 1. The van der Waals surface area contributed by atoms with E-state index in [-0.39, 0.29) is 19.1 Å². The topological polar surface area (TPSA) is 78.9 Å². The van der Waals surface area contributed by atoms with E-state index in [2.05, 4.69) is 5.32 Å². The molecule has 1 unspecified atom stereocenters. The highest BCUT2D eigenvalue weighted by molar-refractivity contribution is 7.50. The third-order valence-electron chi connectivity index (χ3n) is 3.96. The second-order valence-electron chi connectivity index (χ2n) is 6.06. The van der Waals surface area contributed by atoms with Gasteiger partial charge in [-0.15, -0.1) is 0 Å². The molecule has 0 aliphatic carbocycles. The Labute approximate surface area is 154 Å². The van der Waals surface area contributed by atoms with Crippen LogP contribution < -0.4 is 5.32 Å². The molecule has 0 heterocycles. The molecule has 6 nitrogen and oxygen atoms in total. The first-order valence-corrected chi connectivity index (χ1v) is 9.99. The van der Waals surface area contributed by atoms with Crippen LogP contribution in [-0.4, -0.2) is 42.2 Å². The van der Waals surface area contributed by atoms with E-state index in [1.807, 2.05) is 49.4 Å². The monoisotopic (exact) mass is 376 g/mol. The summed E-state index contributed by atoms with van der Waals surface area (Å²) in [5.41, 5.74) is 2.71. The number of hydrogen-bond acceptors (Lipinski definition) is 3. The van der Waals surface area contributed by atoms with Crippen LogP contribution in [0.1, 0.15) is 21.5 Å². The molecular weight excluding hydrogens is 351 g/mol.